The van der Waals surface area contributed by atoms with Gasteiger partial charge in [-0.2, -0.15) is 13.2 Å². The lowest BCUT2D eigenvalue weighted by Crippen LogP contribution is -2.49. The van der Waals surface area contributed by atoms with Crippen molar-refractivity contribution in [3.63, 3.8) is 0 Å². The van der Waals surface area contributed by atoms with Crippen molar-refractivity contribution in [1.82, 2.24) is 4.90 Å². The highest BCUT2D eigenvalue weighted by Crippen LogP contribution is 2.35. The van der Waals surface area contributed by atoms with Gasteiger partial charge in [0.2, 0.25) is 0 Å². The highest BCUT2D eigenvalue weighted by Gasteiger charge is 2.43. The maximum Gasteiger partial charge on any atom is 0.416 e. The van der Waals surface area contributed by atoms with E-state index in [0.29, 0.717) is 37.2 Å². The molecule has 32 heavy (non-hydrogen) atoms. The third-order valence-corrected chi connectivity index (χ3v) is 5.98. The van der Waals surface area contributed by atoms with Crippen LogP contribution >= 0.6 is 0 Å². The first-order valence-electron chi connectivity index (χ1n) is 10.3. The molecule has 2 fully saturated rings. The zero-order valence-electron chi connectivity index (χ0n) is 17.5. The van der Waals surface area contributed by atoms with Gasteiger partial charge in [0.05, 0.1) is 18.8 Å². The number of amides is 1. The number of hydrogen-bond donors (Lipinski definition) is 0. The van der Waals surface area contributed by atoms with Gasteiger partial charge in [-0.3, -0.25) is 4.79 Å². The molecule has 5 nitrogen and oxygen atoms in total. The van der Waals surface area contributed by atoms with Gasteiger partial charge in [0.15, 0.2) is 0 Å². The Kier molecular flexibility index (Phi) is 6.13. The number of carbonyl (C=O) groups excluding carboxylic acids is 1. The number of methoxy groups -OCH3 is 1. The molecule has 4 rings (SSSR count). The molecule has 0 N–H and O–H groups in total. The average molecular weight is 453 g/mol. The first-order chi connectivity index (χ1) is 15.2. The van der Waals surface area contributed by atoms with Crippen molar-refractivity contribution in [3.05, 3.63) is 65.0 Å². The molecular weight excluding hydrogens is 430 g/mol. The summed E-state index contributed by atoms with van der Waals surface area (Å²) in [6.45, 7) is 1.34. The summed E-state index contributed by atoms with van der Waals surface area (Å²) >= 11 is 0. The first kappa shape index (κ1) is 22.5. The lowest BCUT2D eigenvalue weighted by molar-refractivity contribution is -0.204. The van der Waals surface area contributed by atoms with E-state index in [4.69, 9.17) is 14.2 Å². The Balaban J connectivity index is 1.34. The van der Waals surface area contributed by atoms with E-state index in [-0.39, 0.29) is 30.8 Å². The summed E-state index contributed by atoms with van der Waals surface area (Å²) in [4.78, 5) is 14.4. The van der Waals surface area contributed by atoms with Crippen LogP contribution in [0.2, 0.25) is 0 Å². The molecule has 0 saturated carbocycles. The van der Waals surface area contributed by atoms with Crippen LogP contribution in [-0.4, -0.2) is 50.3 Å². The molecule has 2 aliphatic rings. The summed E-state index contributed by atoms with van der Waals surface area (Å²) < 4.78 is 69.0. The van der Waals surface area contributed by atoms with Gasteiger partial charge in [0.25, 0.3) is 5.91 Å². The van der Waals surface area contributed by atoms with E-state index in [1.807, 2.05) is 0 Å². The number of carbonyl (C=O) groups is 1. The van der Waals surface area contributed by atoms with Gasteiger partial charge >= 0.3 is 6.18 Å². The van der Waals surface area contributed by atoms with E-state index in [1.54, 1.807) is 17.0 Å². The van der Waals surface area contributed by atoms with Gasteiger partial charge in [-0.1, -0.05) is 6.07 Å². The largest absolute Gasteiger partial charge is 0.490 e. The summed E-state index contributed by atoms with van der Waals surface area (Å²) in [7, 11) is 1.50. The van der Waals surface area contributed by atoms with Gasteiger partial charge in [-0.25, -0.2) is 4.39 Å². The number of halogens is 4. The molecule has 2 saturated heterocycles. The molecule has 172 valence electrons. The molecular formula is C23H23F4NO4. The van der Waals surface area contributed by atoms with E-state index >= 15 is 0 Å². The molecule has 0 atom stereocenters. The van der Waals surface area contributed by atoms with Crippen molar-refractivity contribution in [3.8, 4) is 5.75 Å². The fraction of sp³-hybridized carbons (Fsp3) is 0.435. The maximum atomic E-state index is 14.7. The van der Waals surface area contributed by atoms with E-state index < -0.39 is 23.2 Å². The lowest BCUT2D eigenvalue weighted by atomic mass is 9.90. The summed E-state index contributed by atoms with van der Waals surface area (Å²) in [5, 5.41) is 0. The highest BCUT2D eigenvalue weighted by atomic mass is 19.4. The van der Waals surface area contributed by atoms with Crippen molar-refractivity contribution in [2.24, 2.45) is 0 Å². The molecule has 0 unspecified atom stereocenters. The van der Waals surface area contributed by atoms with Crippen LogP contribution < -0.4 is 4.74 Å². The SMILES string of the molecule is COC1(c2ccc(C(=O)N3CCC(Oc4ccc(C(F)(F)F)cc4)CC3)cc2F)COC1. The molecule has 2 aromatic carbocycles. The highest BCUT2D eigenvalue weighted by molar-refractivity contribution is 5.94. The minimum atomic E-state index is -4.39. The predicted octanol–water partition coefficient (Wildman–Crippen LogP) is 4.40. The maximum absolute atomic E-state index is 14.7. The summed E-state index contributed by atoms with van der Waals surface area (Å²) in [6.07, 6.45) is -3.55. The van der Waals surface area contributed by atoms with E-state index in [9.17, 15) is 22.4 Å². The standard InChI is InChI=1S/C23H23F4NO4/c1-30-22(13-31-14-22)19-7-2-15(12-20(19)24)21(29)28-10-8-18(9-11-28)32-17-5-3-16(4-6-17)23(25,26)27/h2-7,12,18H,8-11,13-14H2,1H3. The molecule has 0 spiro atoms. The fourth-order valence-electron chi connectivity index (χ4n) is 3.96. The molecule has 0 bridgehead atoms. The summed E-state index contributed by atoms with van der Waals surface area (Å²) in [5.41, 5.74) is -0.921. The molecule has 9 heteroatoms. The van der Waals surface area contributed by atoms with Crippen molar-refractivity contribution in [1.29, 1.82) is 0 Å². The van der Waals surface area contributed by atoms with E-state index in [1.165, 1.54) is 25.3 Å². The van der Waals surface area contributed by atoms with Crippen molar-refractivity contribution in [2.45, 2.75) is 30.7 Å². The summed E-state index contributed by atoms with van der Waals surface area (Å²) in [5.74, 6) is -0.436. The number of ether oxygens (including phenoxy) is 3. The number of benzene rings is 2. The molecule has 0 aromatic heterocycles. The average Bonchev–Trinajstić information content (AvgIpc) is 2.74. The number of hydrogen-bond acceptors (Lipinski definition) is 4. The van der Waals surface area contributed by atoms with Crippen molar-refractivity contribution >= 4 is 5.91 Å². The molecule has 2 aliphatic heterocycles. The number of piperidine rings is 1. The van der Waals surface area contributed by atoms with Crippen LogP contribution in [0, 0.1) is 5.82 Å². The van der Waals surface area contributed by atoms with Crippen LogP contribution in [0.3, 0.4) is 0 Å². The van der Waals surface area contributed by atoms with E-state index in [0.717, 1.165) is 12.1 Å². The van der Waals surface area contributed by atoms with Crippen molar-refractivity contribution in [2.75, 3.05) is 33.4 Å². The van der Waals surface area contributed by atoms with Gasteiger partial charge < -0.3 is 19.1 Å². The number of rotatable bonds is 5. The smallest absolute Gasteiger partial charge is 0.416 e. The predicted molar refractivity (Wildman–Crippen MR) is 107 cm³/mol. The topological polar surface area (TPSA) is 48.0 Å². The third-order valence-electron chi connectivity index (χ3n) is 5.98. The van der Waals surface area contributed by atoms with Gasteiger partial charge in [-0.05, 0) is 36.4 Å². The Labute approximate surface area is 182 Å². The molecule has 2 heterocycles. The Morgan fingerprint density at radius 3 is 2.25 bits per heavy atom. The Hall–Kier alpha value is -2.65. The van der Waals surface area contributed by atoms with Crippen LogP contribution in [0.5, 0.6) is 5.75 Å². The van der Waals surface area contributed by atoms with Crippen LogP contribution in [0.25, 0.3) is 0 Å². The zero-order valence-corrected chi connectivity index (χ0v) is 17.5. The van der Waals surface area contributed by atoms with Crippen LogP contribution in [0.1, 0.15) is 34.3 Å². The molecule has 1 amide bonds. The Morgan fingerprint density at radius 2 is 1.75 bits per heavy atom. The normalized spacial score (nSPS) is 18.8. The lowest BCUT2D eigenvalue weighted by Gasteiger charge is -2.40. The third kappa shape index (κ3) is 4.45. The molecule has 0 aliphatic carbocycles. The van der Waals surface area contributed by atoms with Crippen LogP contribution in [-0.2, 0) is 21.3 Å². The minimum absolute atomic E-state index is 0.213. The second-order valence-corrected chi connectivity index (χ2v) is 8.02. The Morgan fingerprint density at radius 1 is 1.09 bits per heavy atom. The summed E-state index contributed by atoms with van der Waals surface area (Å²) in [6, 6.07) is 8.93. The molecule has 0 radical (unpaired) electrons. The minimum Gasteiger partial charge on any atom is -0.490 e. The number of nitrogens with zero attached hydrogens (tertiary/aromatic N) is 1. The van der Waals surface area contributed by atoms with Crippen LogP contribution in [0.15, 0.2) is 42.5 Å². The van der Waals surface area contributed by atoms with Crippen molar-refractivity contribution < 1.29 is 36.6 Å². The van der Waals surface area contributed by atoms with Gasteiger partial charge in [-0.15, -0.1) is 0 Å². The monoisotopic (exact) mass is 453 g/mol. The second-order valence-electron chi connectivity index (χ2n) is 8.02. The Bertz CT molecular complexity index is 959. The zero-order chi connectivity index (χ0) is 22.9. The van der Waals surface area contributed by atoms with Gasteiger partial charge in [0, 0.05) is 44.2 Å². The number of alkyl halides is 3. The van der Waals surface area contributed by atoms with Gasteiger partial charge in [0.1, 0.15) is 23.3 Å². The number of likely N-dealkylation sites (tertiary alicyclic amines) is 1. The molecule has 2 aromatic rings. The van der Waals surface area contributed by atoms with E-state index in [2.05, 4.69) is 0 Å². The first-order valence-corrected chi connectivity index (χ1v) is 10.3. The van der Waals surface area contributed by atoms with Crippen LogP contribution in [0.4, 0.5) is 17.6 Å². The fourth-order valence-corrected chi connectivity index (χ4v) is 3.96. The second kappa shape index (κ2) is 8.71. The quantitative estimate of drug-likeness (QED) is 0.630.